The Balaban J connectivity index is 1.85. The van der Waals surface area contributed by atoms with Crippen molar-refractivity contribution in [3.63, 3.8) is 0 Å². The molecule has 3 rings (SSSR count). The Hall–Kier alpha value is -2.82. The van der Waals surface area contributed by atoms with Crippen LogP contribution in [0.2, 0.25) is 0 Å². The molecular formula is C16H14N2O3. The number of ether oxygens (including phenoxy) is 1. The van der Waals surface area contributed by atoms with Gasteiger partial charge < -0.3 is 14.4 Å². The van der Waals surface area contributed by atoms with Gasteiger partial charge in [0.2, 0.25) is 11.7 Å². The molecule has 0 unspecified atom stereocenters. The van der Waals surface area contributed by atoms with Crippen molar-refractivity contribution in [1.29, 1.82) is 0 Å². The first-order valence-corrected chi connectivity index (χ1v) is 6.50. The lowest BCUT2D eigenvalue weighted by Gasteiger charge is -2.00. The van der Waals surface area contributed by atoms with E-state index in [9.17, 15) is 5.11 Å². The average Bonchev–Trinajstić information content (AvgIpc) is 2.98. The van der Waals surface area contributed by atoms with Crippen LogP contribution in [0.4, 0.5) is 0 Å². The van der Waals surface area contributed by atoms with Gasteiger partial charge >= 0.3 is 0 Å². The van der Waals surface area contributed by atoms with Crippen LogP contribution < -0.4 is 4.74 Å². The van der Waals surface area contributed by atoms with E-state index in [-0.39, 0.29) is 5.75 Å². The summed E-state index contributed by atoms with van der Waals surface area (Å²) in [6.07, 6.45) is 0.393. The molecule has 1 aromatic heterocycles. The van der Waals surface area contributed by atoms with Crippen molar-refractivity contribution in [2.75, 3.05) is 7.11 Å². The first-order valence-electron chi connectivity index (χ1n) is 6.50. The summed E-state index contributed by atoms with van der Waals surface area (Å²) in [5, 5.41) is 13.7. The molecule has 5 heteroatoms. The SMILES string of the molecule is COc1cccc(-c2noc(Cc3ccccc3O)n2)c1. The molecule has 0 aliphatic heterocycles. The molecular weight excluding hydrogens is 268 g/mol. The molecule has 5 nitrogen and oxygen atoms in total. The molecule has 21 heavy (non-hydrogen) atoms. The van der Waals surface area contributed by atoms with E-state index in [0.717, 1.165) is 16.9 Å². The van der Waals surface area contributed by atoms with Gasteiger partial charge in [0.1, 0.15) is 11.5 Å². The molecule has 0 fully saturated rings. The maximum Gasteiger partial charge on any atom is 0.231 e. The second kappa shape index (κ2) is 5.66. The summed E-state index contributed by atoms with van der Waals surface area (Å²) in [7, 11) is 1.61. The highest BCUT2D eigenvalue weighted by Gasteiger charge is 2.11. The van der Waals surface area contributed by atoms with Crippen LogP contribution in [-0.2, 0) is 6.42 Å². The van der Waals surface area contributed by atoms with Gasteiger partial charge in [-0.3, -0.25) is 0 Å². The Labute approximate surface area is 121 Å². The molecule has 0 aliphatic rings. The Morgan fingerprint density at radius 3 is 2.81 bits per heavy atom. The fourth-order valence-electron chi connectivity index (χ4n) is 2.03. The topological polar surface area (TPSA) is 68.4 Å². The normalized spacial score (nSPS) is 10.5. The van der Waals surface area contributed by atoms with E-state index in [4.69, 9.17) is 9.26 Å². The van der Waals surface area contributed by atoms with Gasteiger partial charge in [-0.25, -0.2) is 0 Å². The van der Waals surface area contributed by atoms with Crippen molar-refractivity contribution in [1.82, 2.24) is 10.1 Å². The van der Waals surface area contributed by atoms with Gasteiger partial charge in [-0.05, 0) is 18.2 Å². The number of aromatic hydroxyl groups is 1. The molecule has 0 aliphatic carbocycles. The highest BCUT2D eigenvalue weighted by molar-refractivity contribution is 5.56. The van der Waals surface area contributed by atoms with Gasteiger partial charge in [-0.15, -0.1) is 0 Å². The van der Waals surface area contributed by atoms with E-state index in [1.54, 1.807) is 19.2 Å². The summed E-state index contributed by atoms with van der Waals surface area (Å²) in [6, 6.07) is 14.5. The average molecular weight is 282 g/mol. The Morgan fingerprint density at radius 2 is 2.00 bits per heavy atom. The maximum absolute atomic E-state index is 9.76. The predicted octanol–water partition coefficient (Wildman–Crippen LogP) is 3.04. The molecule has 3 aromatic rings. The summed E-state index contributed by atoms with van der Waals surface area (Å²) in [5.74, 6) is 1.91. The third kappa shape index (κ3) is 2.86. The lowest BCUT2D eigenvalue weighted by atomic mass is 10.1. The van der Waals surface area contributed by atoms with Crippen molar-refractivity contribution >= 4 is 0 Å². The fourth-order valence-corrected chi connectivity index (χ4v) is 2.03. The van der Waals surface area contributed by atoms with E-state index in [2.05, 4.69) is 10.1 Å². The molecule has 2 aromatic carbocycles. The monoisotopic (exact) mass is 282 g/mol. The van der Waals surface area contributed by atoms with E-state index in [1.165, 1.54) is 0 Å². The summed E-state index contributed by atoms with van der Waals surface area (Å²) >= 11 is 0. The van der Waals surface area contributed by atoms with Crippen LogP contribution in [0.3, 0.4) is 0 Å². The van der Waals surface area contributed by atoms with Crippen LogP contribution in [0, 0.1) is 0 Å². The number of hydrogen-bond acceptors (Lipinski definition) is 5. The molecule has 0 atom stereocenters. The van der Waals surface area contributed by atoms with Gasteiger partial charge in [-0.2, -0.15) is 4.98 Å². The molecule has 0 amide bonds. The van der Waals surface area contributed by atoms with Crippen molar-refractivity contribution < 1.29 is 14.4 Å². The Morgan fingerprint density at radius 1 is 1.14 bits per heavy atom. The van der Waals surface area contributed by atoms with E-state index in [1.807, 2.05) is 36.4 Å². The first kappa shape index (κ1) is 13.2. The quantitative estimate of drug-likeness (QED) is 0.796. The van der Waals surface area contributed by atoms with Crippen molar-refractivity contribution in [3.8, 4) is 22.9 Å². The number of benzene rings is 2. The Bertz CT molecular complexity index is 753. The zero-order valence-electron chi connectivity index (χ0n) is 11.5. The van der Waals surface area contributed by atoms with Crippen molar-refractivity contribution in [2.45, 2.75) is 6.42 Å². The number of para-hydroxylation sites is 1. The van der Waals surface area contributed by atoms with Crippen LogP contribution in [0.5, 0.6) is 11.5 Å². The molecule has 0 saturated heterocycles. The van der Waals surface area contributed by atoms with E-state index < -0.39 is 0 Å². The molecule has 0 radical (unpaired) electrons. The van der Waals surface area contributed by atoms with E-state index in [0.29, 0.717) is 18.1 Å². The minimum Gasteiger partial charge on any atom is -0.508 e. The fraction of sp³-hybridized carbons (Fsp3) is 0.125. The summed E-state index contributed by atoms with van der Waals surface area (Å²) in [6.45, 7) is 0. The predicted molar refractivity (Wildman–Crippen MR) is 77.2 cm³/mol. The third-order valence-corrected chi connectivity index (χ3v) is 3.13. The van der Waals surface area contributed by atoms with Gasteiger partial charge in [0, 0.05) is 11.1 Å². The maximum atomic E-state index is 9.76. The van der Waals surface area contributed by atoms with E-state index >= 15 is 0 Å². The summed E-state index contributed by atoms with van der Waals surface area (Å²) in [5.41, 5.74) is 1.57. The van der Waals surface area contributed by atoms with Gasteiger partial charge in [0.25, 0.3) is 0 Å². The second-order valence-electron chi connectivity index (χ2n) is 4.55. The van der Waals surface area contributed by atoms with Crippen molar-refractivity contribution in [2.24, 2.45) is 0 Å². The summed E-state index contributed by atoms with van der Waals surface area (Å²) in [4.78, 5) is 4.35. The largest absolute Gasteiger partial charge is 0.508 e. The highest BCUT2D eigenvalue weighted by Crippen LogP contribution is 2.23. The molecule has 0 saturated carbocycles. The zero-order valence-corrected chi connectivity index (χ0v) is 11.5. The van der Waals surface area contributed by atoms with Crippen LogP contribution in [0.25, 0.3) is 11.4 Å². The van der Waals surface area contributed by atoms with Crippen LogP contribution >= 0.6 is 0 Å². The second-order valence-corrected chi connectivity index (χ2v) is 4.55. The zero-order chi connectivity index (χ0) is 14.7. The highest BCUT2D eigenvalue weighted by atomic mass is 16.5. The minimum atomic E-state index is 0.221. The van der Waals surface area contributed by atoms with Crippen LogP contribution in [0.1, 0.15) is 11.5 Å². The number of rotatable bonds is 4. The van der Waals surface area contributed by atoms with Gasteiger partial charge in [0.15, 0.2) is 0 Å². The Kier molecular flexibility index (Phi) is 3.55. The number of aromatic nitrogens is 2. The van der Waals surface area contributed by atoms with Crippen LogP contribution in [0.15, 0.2) is 53.1 Å². The lowest BCUT2D eigenvalue weighted by molar-refractivity contribution is 0.383. The number of hydrogen-bond donors (Lipinski definition) is 1. The van der Waals surface area contributed by atoms with Crippen LogP contribution in [-0.4, -0.2) is 22.4 Å². The number of phenolic OH excluding ortho intramolecular Hbond substituents is 1. The van der Waals surface area contributed by atoms with Gasteiger partial charge in [-0.1, -0.05) is 35.5 Å². The molecule has 1 N–H and O–H groups in total. The molecule has 0 spiro atoms. The minimum absolute atomic E-state index is 0.221. The molecule has 106 valence electrons. The summed E-state index contributed by atoms with van der Waals surface area (Å²) < 4.78 is 10.4. The third-order valence-electron chi connectivity index (χ3n) is 3.13. The molecule has 0 bridgehead atoms. The smallest absolute Gasteiger partial charge is 0.231 e. The van der Waals surface area contributed by atoms with Gasteiger partial charge in [0.05, 0.1) is 13.5 Å². The number of phenols is 1. The van der Waals surface area contributed by atoms with Crippen molar-refractivity contribution in [3.05, 3.63) is 60.0 Å². The first-order chi connectivity index (χ1) is 10.3. The molecule has 1 heterocycles. The lowest BCUT2D eigenvalue weighted by Crippen LogP contribution is -1.89. The number of methoxy groups -OCH3 is 1. The number of nitrogens with zero attached hydrogens (tertiary/aromatic N) is 2. The standard InChI is InChI=1S/C16H14N2O3/c1-20-13-7-4-6-12(9-13)16-17-15(21-18-16)10-11-5-2-3-8-14(11)19/h2-9,19H,10H2,1H3.